The highest BCUT2D eigenvalue weighted by molar-refractivity contribution is 7.89. The van der Waals surface area contributed by atoms with Gasteiger partial charge in [0, 0.05) is 42.8 Å². The third-order valence-electron chi connectivity index (χ3n) is 6.74. The highest BCUT2D eigenvalue weighted by Gasteiger charge is 2.35. The van der Waals surface area contributed by atoms with Crippen LogP contribution < -0.4 is 19.7 Å². The minimum absolute atomic E-state index is 0.0692. The number of rotatable bonds is 11. The summed E-state index contributed by atoms with van der Waals surface area (Å²) in [5.41, 5.74) is -0.665. The van der Waals surface area contributed by atoms with E-state index in [0.29, 0.717) is 24.2 Å². The van der Waals surface area contributed by atoms with Crippen molar-refractivity contribution in [2.75, 3.05) is 24.6 Å². The molecule has 1 amide bonds. The van der Waals surface area contributed by atoms with E-state index in [0.717, 1.165) is 25.0 Å². The number of hydrogen-bond donors (Lipinski definition) is 3. The van der Waals surface area contributed by atoms with Crippen molar-refractivity contribution in [1.29, 1.82) is 10.7 Å². The predicted molar refractivity (Wildman–Crippen MR) is 161 cm³/mol. The molecule has 0 bridgehead atoms. The minimum Gasteiger partial charge on any atom is -0.493 e. The van der Waals surface area contributed by atoms with Gasteiger partial charge in [-0.3, -0.25) is 15.2 Å². The predicted octanol–water partition coefficient (Wildman–Crippen LogP) is 5.14. The van der Waals surface area contributed by atoms with Crippen LogP contribution in [0.15, 0.2) is 58.1 Å². The maximum absolute atomic E-state index is 13.4. The molecule has 14 heteroatoms. The molecule has 3 rings (SSSR count). The van der Waals surface area contributed by atoms with Gasteiger partial charge in [-0.2, -0.15) is 18.4 Å². The fourth-order valence-corrected chi connectivity index (χ4v) is 5.88. The maximum Gasteiger partial charge on any atom is 0.417 e. The van der Waals surface area contributed by atoms with Gasteiger partial charge in [-0.1, -0.05) is 13.3 Å². The van der Waals surface area contributed by atoms with Gasteiger partial charge < -0.3 is 15.0 Å². The highest BCUT2D eigenvalue weighted by atomic mass is 32.2. The minimum atomic E-state index is -4.68. The first-order valence-electron chi connectivity index (χ1n) is 14.0. The van der Waals surface area contributed by atoms with Crippen molar-refractivity contribution in [3.63, 3.8) is 0 Å². The van der Waals surface area contributed by atoms with Crippen LogP contribution in [0.2, 0.25) is 0 Å². The van der Waals surface area contributed by atoms with Gasteiger partial charge in [-0.25, -0.2) is 13.1 Å². The second kappa shape index (κ2) is 15.0. The number of carbonyl (C=O) groups is 1. The first kappa shape index (κ1) is 34.3. The van der Waals surface area contributed by atoms with Gasteiger partial charge >= 0.3 is 6.18 Å². The first-order chi connectivity index (χ1) is 20.8. The summed E-state index contributed by atoms with van der Waals surface area (Å²) >= 11 is 0. The lowest BCUT2D eigenvalue weighted by Crippen LogP contribution is -2.44. The molecule has 0 atom stereocenters. The summed E-state index contributed by atoms with van der Waals surface area (Å²) in [5, 5.41) is 19.9. The van der Waals surface area contributed by atoms with E-state index in [2.05, 4.69) is 15.0 Å². The van der Waals surface area contributed by atoms with E-state index in [1.54, 1.807) is 31.0 Å². The number of anilines is 1. The zero-order valence-electron chi connectivity index (χ0n) is 24.7. The number of aliphatic imine (C=N–C) groups is 1. The quantitative estimate of drug-likeness (QED) is 0.178. The molecule has 2 aromatic carbocycles. The van der Waals surface area contributed by atoms with E-state index >= 15 is 0 Å². The van der Waals surface area contributed by atoms with Crippen LogP contribution in [0.1, 0.15) is 63.1 Å². The van der Waals surface area contributed by atoms with Crippen LogP contribution in [0.5, 0.6) is 5.75 Å². The molecule has 1 heterocycles. The molecule has 2 aromatic rings. The summed E-state index contributed by atoms with van der Waals surface area (Å²) in [7, 11) is -4.07. The Hall–Kier alpha value is -4.22. The summed E-state index contributed by atoms with van der Waals surface area (Å²) in [4.78, 5) is 18.2. The van der Waals surface area contributed by atoms with Crippen LogP contribution in [0.4, 0.5) is 18.9 Å². The average molecular weight is 633 g/mol. The molecule has 0 aromatic heterocycles. The Balaban J connectivity index is 1.72. The summed E-state index contributed by atoms with van der Waals surface area (Å²) < 4.78 is 75.0. The van der Waals surface area contributed by atoms with Gasteiger partial charge in [0.15, 0.2) is 0 Å². The lowest BCUT2D eigenvalue weighted by molar-refractivity contribution is -0.137. The number of carbonyl (C=O) groups excluding carboxylic acids is 1. The number of sulfonamides is 1. The van der Waals surface area contributed by atoms with Crippen molar-refractivity contribution in [2.45, 2.75) is 63.6 Å². The van der Waals surface area contributed by atoms with E-state index in [1.165, 1.54) is 30.3 Å². The number of unbranched alkanes of at least 4 members (excludes halogenated alkanes) is 1. The lowest BCUT2D eigenvalue weighted by atomic mass is 10.0. The molecule has 1 aliphatic rings. The molecule has 3 N–H and O–H groups in total. The number of allylic oxidation sites excluding steroid dienone is 1. The Morgan fingerprint density at radius 2 is 1.91 bits per heavy atom. The molecule has 1 saturated heterocycles. The number of amidine groups is 1. The van der Waals surface area contributed by atoms with E-state index < -0.39 is 39.3 Å². The van der Waals surface area contributed by atoms with Gasteiger partial charge in [0.2, 0.25) is 10.0 Å². The number of nitrogens with one attached hydrogen (secondary N) is 3. The van der Waals surface area contributed by atoms with Crippen LogP contribution in [-0.2, 0) is 21.0 Å². The smallest absolute Gasteiger partial charge is 0.417 e. The maximum atomic E-state index is 13.4. The number of nitrogens with zero attached hydrogens (tertiary/aromatic N) is 3. The molecule has 10 nitrogen and oxygen atoms in total. The number of alkyl halides is 3. The number of nitriles is 1. The Morgan fingerprint density at radius 1 is 1.20 bits per heavy atom. The summed E-state index contributed by atoms with van der Waals surface area (Å²) in [6.45, 7) is 6.20. The number of ether oxygens (including phenoxy) is 1. The van der Waals surface area contributed by atoms with Gasteiger partial charge in [0.05, 0.1) is 34.3 Å². The molecule has 1 fully saturated rings. The number of piperidine rings is 1. The van der Waals surface area contributed by atoms with Crippen molar-refractivity contribution in [1.82, 2.24) is 10.0 Å². The molecule has 0 unspecified atom stereocenters. The monoisotopic (exact) mass is 632 g/mol. The fraction of sp³-hybridized carbons (Fsp3) is 0.400. The van der Waals surface area contributed by atoms with Crippen LogP contribution in [0.25, 0.3) is 0 Å². The molecule has 0 spiro atoms. The topological polar surface area (TPSA) is 148 Å². The normalized spacial score (nSPS) is 14.8. The van der Waals surface area contributed by atoms with Crippen LogP contribution in [-0.4, -0.2) is 52.1 Å². The molecule has 0 aliphatic carbocycles. The average Bonchev–Trinajstić information content (AvgIpc) is 2.97. The third kappa shape index (κ3) is 9.14. The number of benzene rings is 2. The van der Waals surface area contributed by atoms with Crippen LogP contribution >= 0.6 is 0 Å². The molecule has 1 aliphatic heterocycles. The van der Waals surface area contributed by atoms with Gasteiger partial charge in [0.1, 0.15) is 11.6 Å². The Kier molecular flexibility index (Phi) is 11.7. The van der Waals surface area contributed by atoms with Crippen molar-refractivity contribution in [3.8, 4) is 11.8 Å². The standard InChI is InChI=1S/C30H35F3N6O4S/c1-4-6-13-36-20(3)16-28(40)37-29(35)25-18-24(9-10-27(25)43-5-2)44(41,42)38-22-11-14-39(15-12-22)23-8-7-21(19-34)26(17-23)30(31,32)33/h7-10,13,16-18,22,38H,4-6,11-12,14-15H2,1-3H3,(H2,35,37,40)/b20-16+,36-13?. The van der Waals surface area contributed by atoms with Crippen molar-refractivity contribution in [3.05, 3.63) is 64.9 Å². The van der Waals surface area contributed by atoms with Crippen molar-refractivity contribution in [2.24, 2.45) is 4.99 Å². The van der Waals surface area contributed by atoms with E-state index in [-0.39, 0.29) is 41.7 Å². The SMILES string of the molecule is CCCC=N/C(C)=C/C(=O)NC(=N)c1cc(S(=O)(=O)NC2CCN(c3ccc(C#N)c(C(F)(F)F)c3)CC2)ccc1OCC. The lowest BCUT2D eigenvalue weighted by Gasteiger charge is -2.34. The van der Waals surface area contributed by atoms with Crippen LogP contribution in [0.3, 0.4) is 0 Å². The second-order valence-corrected chi connectivity index (χ2v) is 11.8. The zero-order valence-corrected chi connectivity index (χ0v) is 25.5. The number of hydrogen-bond acceptors (Lipinski definition) is 8. The van der Waals surface area contributed by atoms with Gasteiger partial charge in [0.25, 0.3) is 5.91 Å². The second-order valence-electron chi connectivity index (χ2n) is 10.1. The molecular weight excluding hydrogens is 597 g/mol. The molecule has 44 heavy (non-hydrogen) atoms. The van der Waals surface area contributed by atoms with Crippen LogP contribution in [0, 0.1) is 16.7 Å². The van der Waals surface area contributed by atoms with Gasteiger partial charge in [-0.05, 0) is 69.5 Å². The molecule has 0 radical (unpaired) electrons. The van der Waals surface area contributed by atoms with E-state index in [9.17, 15) is 26.4 Å². The van der Waals surface area contributed by atoms with Crippen molar-refractivity contribution < 1.29 is 31.1 Å². The summed E-state index contributed by atoms with van der Waals surface area (Å²) in [6.07, 6.45) is 0.562. The zero-order chi connectivity index (χ0) is 32.5. The third-order valence-corrected chi connectivity index (χ3v) is 8.26. The Labute approximate surface area is 255 Å². The summed E-state index contributed by atoms with van der Waals surface area (Å²) in [5.74, 6) is -0.746. The van der Waals surface area contributed by atoms with Gasteiger partial charge in [-0.15, -0.1) is 0 Å². The fourth-order valence-electron chi connectivity index (χ4n) is 4.55. The van der Waals surface area contributed by atoms with E-state index in [1.807, 2.05) is 6.92 Å². The molecule has 236 valence electrons. The van der Waals surface area contributed by atoms with E-state index in [4.69, 9.17) is 15.4 Å². The first-order valence-corrected chi connectivity index (χ1v) is 15.5. The Bertz CT molecular complexity index is 1570. The largest absolute Gasteiger partial charge is 0.493 e. The Morgan fingerprint density at radius 3 is 2.52 bits per heavy atom. The number of halogens is 3. The van der Waals surface area contributed by atoms with Crippen molar-refractivity contribution >= 4 is 33.7 Å². The molecule has 0 saturated carbocycles. The highest BCUT2D eigenvalue weighted by Crippen LogP contribution is 2.35. The number of amides is 1. The molecular formula is C30H35F3N6O4S. The summed E-state index contributed by atoms with van der Waals surface area (Å²) in [6, 6.07) is 8.59.